The first-order valence-corrected chi connectivity index (χ1v) is 6.17. The first kappa shape index (κ1) is 12.0. The van der Waals surface area contributed by atoms with Gasteiger partial charge in [-0.15, -0.1) is 0 Å². The smallest absolute Gasteiger partial charge is 0.247 e. The lowest BCUT2D eigenvalue weighted by Gasteiger charge is -2.26. The van der Waals surface area contributed by atoms with Gasteiger partial charge in [0.25, 0.3) is 0 Å². The number of aromatic nitrogens is 2. The second kappa shape index (κ2) is 4.39. The molecule has 1 aliphatic heterocycles. The number of nitrogens with one attached hydrogen (secondary N) is 2. The van der Waals surface area contributed by atoms with Gasteiger partial charge in [0.2, 0.25) is 5.91 Å². The molecule has 0 saturated heterocycles. The maximum absolute atomic E-state index is 11.9. The van der Waals surface area contributed by atoms with Gasteiger partial charge in [-0.25, -0.2) is 4.68 Å². The number of carbonyl (C=O) groups excluding carboxylic acids is 1. The van der Waals surface area contributed by atoms with E-state index in [0.717, 1.165) is 30.2 Å². The van der Waals surface area contributed by atoms with Crippen LogP contribution in [0.1, 0.15) is 32.9 Å². The van der Waals surface area contributed by atoms with Crippen LogP contribution in [0, 0.1) is 12.8 Å². The molecule has 2 rings (SSSR count). The van der Waals surface area contributed by atoms with Gasteiger partial charge in [0, 0.05) is 6.54 Å². The quantitative estimate of drug-likeness (QED) is 0.843. The van der Waals surface area contributed by atoms with E-state index in [1.165, 1.54) is 0 Å². The molecule has 1 aromatic rings. The Balaban J connectivity index is 2.29. The minimum absolute atomic E-state index is 0.0463. The minimum Gasteiger partial charge on any atom is -0.357 e. The number of aryl methyl sites for hydroxylation is 2. The Morgan fingerprint density at radius 3 is 2.76 bits per heavy atom. The molecule has 0 aromatic carbocycles. The second-order valence-corrected chi connectivity index (χ2v) is 4.94. The number of hydrogen-bond donors (Lipinski definition) is 2. The molecule has 0 bridgehead atoms. The topological polar surface area (TPSA) is 59.0 Å². The van der Waals surface area contributed by atoms with E-state index in [1.54, 1.807) is 0 Å². The summed E-state index contributed by atoms with van der Waals surface area (Å²) >= 11 is 0. The zero-order valence-electron chi connectivity index (χ0n) is 10.9. The Bertz CT molecular complexity index is 436. The van der Waals surface area contributed by atoms with Gasteiger partial charge in [0.05, 0.1) is 5.69 Å². The van der Waals surface area contributed by atoms with Crippen molar-refractivity contribution in [1.29, 1.82) is 0 Å². The summed E-state index contributed by atoms with van der Waals surface area (Å²) in [6.45, 7) is 8.99. The van der Waals surface area contributed by atoms with Crippen molar-refractivity contribution >= 4 is 17.4 Å². The summed E-state index contributed by atoms with van der Waals surface area (Å²) in [5, 5.41) is 10.7. The van der Waals surface area contributed by atoms with E-state index in [0.29, 0.717) is 5.92 Å². The zero-order chi connectivity index (χ0) is 12.6. The van der Waals surface area contributed by atoms with E-state index in [4.69, 9.17) is 0 Å². The van der Waals surface area contributed by atoms with Gasteiger partial charge in [0.15, 0.2) is 0 Å². The molecule has 94 valence electrons. The third-order valence-corrected chi connectivity index (χ3v) is 3.01. The fraction of sp³-hybridized carbons (Fsp3) is 0.667. The van der Waals surface area contributed by atoms with Crippen LogP contribution < -0.4 is 10.6 Å². The molecule has 0 radical (unpaired) electrons. The Morgan fingerprint density at radius 1 is 1.47 bits per heavy atom. The molecular weight excluding hydrogens is 216 g/mol. The first-order valence-electron chi connectivity index (χ1n) is 6.17. The van der Waals surface area contributed by atoms with Crippen molar-refractivity contribution in [3.8, 4) is 0 Å². The van der Waals surface area contributed by atoms with Crippen LogP contribution in [-0.4, -0.2) is 21.7 Å². The van der Waals surface area contributed by atoms with Crippen molar-refractivity contribution in [2.24, 2.45) is 5.92 Å². The van der Waals surface area contributed by atoms with E-state index >= 15 is 0 Å². The molecule has 5 heteroatoms. The molecule has 0 fully saturated rings. The first-order chi connectivity index (χ1) is 8.02. The van der Waals surface area contributed by atoms with Gasteiger partial charge in [-0.05, 0) is 26.2 Å². The van der Waals surface area contributed by atoms with Crippen LogP contribution in [0.4, 0.5) is 11.5 Å². The molecule has 2 N–H and O–H groups in total. The third kappa shape index (κ3) is 2.14. The lowest BCUT2D eigenvalue weighted by Crippen LogP contribution is -2.40. The Morgan fingerprint density at radius 2 is 2.18 bits per heavy atom. The highest BCUT2D eigenvalue weighted by Crippen LogP contribution is 2.31. The Kier molecular flexibility index (Phi) is 3.09. The average molecular weight is 236 g/mol. The highest BCUT2D eigenvalue weighted by Gasteiger charge is 2.30. The third-order valence-electron chi connectivity index (χ3n) is 3.01. The average Bonchev–Trinajstić information content (AvgIpc) is 2.55. The summed E-state index contributed by atoms with van der Waals surface area (Å²) in [7, 11) is 0. The number of nitrogens with zero attached hydrogens (tertiary/aromatic N) is 2. The van der Waals surface area contributed by atoms with Crippen molar-refractivity contribution in [1.82, 2.24) is 9.78 Å². The van der Waals surface area contributed by atoms with Crippen LogP contribution >= 0.6 is 0 Å². The Labute approximate surface area is 102 Å². The molecule has 0 saturated carbocycles. The van der Waals surface area contributed by atoms with Crippen molar-refractivity contribution in [3.63, 3.8) is 0 Å². The molecule has 17 heavy (non-hydrogen) atoms. The number of fused-ring (bicyclic) bond motifs is 1. The van der Waals surface area contributed by atoms with Gasteiger partial charge < -0.3 is 10.6 Å². The van der Waals surface area contributed by atoms with Crippen LogP contribution in [0.25, 0.3) is 0 Å². The molecule has 1 aliphatic rings. The molecule has 1 amide bonds. The summed E-state index contributed by atoms with van der Waals surface area (Å²) < 4.78 is 1.90. The predicted molar refractivity (Wildman–Crippen MR) is 68.1 cm³/mol. The van der Waals surface area contributed by atoms with Gasteiger partial charge in [-0.3, -0.25) is 4.79 Å². The summed E-state index contributed by atoms with van der Waals surface area (Å²) in [6, 6.07) is -0.149. The van der Waals surface area contributed by atoms with Gasteiger partial charge in [-0.2, -0.15) is 5.10 Å². The number of hydrogen-bond acceptors (Lipinski definition) is 3. The summed E-state index contributed by atoms with van der Waals surface area (Å²) in [5.74, 6) is 1.47. The molecule has 0 aliphatic carbocycles. The van der Waals surface area contributed by atoms with Crippen LogP contribution in [-0.2, 0) is 11.3 Å². The molecule has 1 aromatic heterocycles. The highest BCUT2D eigenvalue weighted by atomic mass is 16.2. The SMILES string of the molecule is CCn1nc(C)c2c1NC(CC(C)C)C(=O)N2. The number of amides is 1. The fourth-order valence-corrected chi connectivity index (χ4v) is 2.18. The number of rotatable bonds is 3. The number of anilines is 2. The lowest BCUT2D eigenvalue weighted by molar-refractivity contribution is -0.117. The van der Waals surface area contributed by atoms with Gasteiger partial charge in [-0.1, -0.05) is 13.8 Å². The zero-order valence-corrected chi connectivity index (χ0v) is 10.9. The monoisotopic (exact) mass is 236 g/mol. The van der Waals surface area contributed by atoms with E-state index in [1.807, 2.05) is 18.5 Å². The molecule has 5 nitrogen and oxygen atoms in total. The normalized spacial score (nSPS) is 18.9. The summed E-state index contributed by atoms with van der Waals surface area (Å²) in [6.07, 6.45) is 0.833. The molecule has 2 heterocycles. The number of carbonyl (C=O) groups is 1. The minimum atomic E-state index is -0.149. The van der Waals surface area contributed by atoms with E-state index in [9.17, 15) is 4.79 Å². The maximum Gasteiger partial charge on any atom is 0.247 e. The van der Waals surface area contributed by atoms with Crippen molar-refractivity contribution in [2.45, 2.75) is 46.7 Å². The molecule has 1 atom stereocenters. The molecule has 0 spiro atoms. The van der Waals surface area contributed by atoms with Gasteiger partial charge in [0.1, 0.15) is 17.5 Å². The molecular formula is C12H20N4O. The van der Waals surface area contributed by atoms with E-state index < -0.39 is 0 Å². The second-order valence-electron chi connectivity index (χ2n) is 4.94. The lowest BCUT2D eigenvalue weighted by atomic mass is 10.0. The van der Waals surface area contributed by atoms with Crippen molar-refractivity contribution < 1.29 is 4.79 Å². The van der Waals surface area contributed by atoms with E-state index in [-0.39, 0.29) is 11.9 Å². The standard InChI is InChI=1S/C12H20N4O/c1-5-16-11-10(8(4)15-16)14-12(17)9(13-11)6-7(2)3/h7,9,13H,5-6H2,1-4H3,(H,14,17). The van der Waals surface area contributed by atoms with E-state index in [2.05, 4.69) is 29.6 Å². The maximum atomic E-state index is 11.9. The van der Waals surface area contributed by atoms with Crippen molar-refractivity contribution in [2.75, 3.05) is 10.6 Å². The fourth-order valence-electron chi connectivity index (χ4n) is 2.18. The molecule has 1 unspecified atom stereocenters. The Hall–Kier alpha value is -1.52. The summed E-state index contributed by atoms with van der Waals surface area (Å²) in [4.78, 5) is 11.9. The summed E-state index contributed by atoms with van der Waals surface area (Å²) in [5.41, 5.74) is 1.70. The van der Waals surface area contributed by atoms with Crippen LogP contribution in [0.15, 0.2) is 0 Å². The van der Waals surface area contributed by atoms with Crippen LogP contribution in [0.3, 0.4) is 0 Å². The van der Waals surface area contributed by atoms with Crippen LogP contribution in [0.2, 0.25) is 0 Å². The van der Waals surface area contributed by atoms with Crippen LogP contribution in [0.5, 0.6) is 0 Å². The largest absolute Gasteiger partial charge is 0.357 e. The highest BCUT2D eigenvalue weighted by molar-refractivity contribution is 6.02. The predicted octanol–water partition coefficient (Wildman–Crippen LogP) is 1.99. The van der Waals surface area contributed by atoms with Gasteiger partial charge >= 0.3 is 0 Å². The van der Waals surface area contributed by atoms with Crippen molar-refractivity contribution in [3.05, 3.63) is 5.69 Å².